The molecule has 1 atom stereocenters. The van der Waals surface area contributed by atoms with Gasteiger partial charge in [0, 0.05) is 23.9 Å². The molecule has 5 nitrogen and oxygen atoms in total. The number of ether oxygens (including phenoxy) is 2. The Morgan fingerprint density at radius 1 is 1.00 bits per heavy atom. The molecule has 5 heteroatoms. The highest BCUT2D eigenvalue weighted by molar-refractivity contribution is 5.54. The topological polar surface area (TPSA) is 65.7 Å². The van der Waals surface area contributed by atoms with Gasteiger partial charge in [0.05, 0.1) is 32.5 Å². The Balaban J connectivity index is 1.93. The van der Waals surface area contributed by atoms with Crippen molar-refractivity contribution in [3.63, 3.8) is 0 Å². The smallest absolute Gasteiger partial charge is 0.161 e. The molecule has 0 aromatic heterocycles. The monoisotopic (exact) mass is 418 g/mol. The lowest BCUT2D eigenvalue weighted by atomic mass is 9.80. The van der Waals surface area contributed by atoms with Crippen LogP contribution in [-0.4, -0.2) is 37.4 Å². The number of nitrogens with zero attached hydrogens (tertiary/aromatic N) is 2. The molecule has 2 aromatic rings. The van der Waals surface area contributed by atoms with E-state index >= 15 is 0 Å². The number of aliphatic hydroxyl groups excluding tert-OH is 1. The Morgan fingerprint density at radius 2 is 1.71 bits per heavy atom. The van der Waals surface area contributed by atoms with Gasteiger partial charge in [-0.2, -0.15) is 5.26 Å². The molecule has 1 aliphatic rings. The highest BCUT2D eigenvalue weighted by Gasteiger charge is 2.32. The number of aryl methyl sites for hydroxylation is 1. The first kappa shape index (κ1) is 22.5. The van der Waals surface area contributed by atoms with Gasteiger partial charge in [0.2, 0.25) is 0 Å². The summed E-state index contributed by atoms with van der Waals surface area (Å²) >= 11 is 0. The fourth-order valence-corrected chi connectivity index (χ4v) is 4.34. The molecule has 162 valence electrons. The molecule has 3 rings (SSSR count). The van der Waals surface area contributed by atoms with Crippen molar-refractivity contribution in [1.29, 1.82) is 5.26 Å². The van der Waals surface area contributed by atoms with Crippen molar-refractivity contribution in [3.05, 3.63) is 82.2 Å². The van der Waals surface area contributed by atoms with E-state index in [2.05, 4.69) is 35.2 Å². The third kappa shape index (κ3) is 4.60. The van der Waals surface area contributed by atoms with Crippen LogP contribution in [0.5, 0.6) is 11.5 Å². The van der Waals surface area contributed by atoms with Gasteiger partial charge in [-0.1, -0.05) is 36.4 Å². The molecule has 1 aliphatic heterocycles. The molecule has 1 heterocycles. The lowest BCUT2D eigenvalue weighted by Crippen LogP contribution is -2.31. The first-order valence-electron chi connectivity index (χ1n) is 10.5. The van der Waals surface area contributed by atoms with Gasteiger partial charge >= 0.3 is 0 Å². The molecule has 0 radical (unpaired) electrons. The number of hydrogen-bond donors (Lipinski definition) is 1. The summed E-state index contributed by atoms with van der Waals surface area (Å²) in [6.45, 7) is 4.70. The van der Waals surface area contributed by atoms with Crippen LogP contribution in [-0.2, 0) is 6.42 Å². The molecule has 1 unspecified atom stereocenters. The van der Waals surface area contributed by atoms with E-state index < -0.39 is 0 Å². The second kappa shape index (κ2) is 10.2. The minimum absolute atomic E-state index is 0.113. The van der Waals surface area contributed by atoms with E-state index in [0.29, 0.717) is 17.1 Å². The van der Waals surface area contributed by atoms with Gasteiger partial charge in [-0.15, -0.1) is 0 Å². The van der Waals surface area contributed by atoms with Crippen LogP contribution in [0.3, 0.4) is 0 Å². The molecule has 0 bridgehead atoms. The Morgan fingerprint density at radius 3 is 2.32 bits per heavy atom. The van der Waals surface area contributed by atoms with Crippen molar-refractivity contribution < 1.29 is 14.6 Å². The highest BCUT2D eigenvalue weighted by atomic mass is 16.5. The second-order valence-corrected chi connectivity index (χ2v) is 7.67. The average Bonchev–Trinajstić information content (AvgIpc) is 2.81. The van der Waals surface area contributed by atoms with Crippen molar-refractivity contribution in [2.45, 2.75) is 32.6 Å². The van der Waals surface area contributed by atoms with Crippen LogP contribution < -0.4 is 9.47 Å². The summed E-state index contributed by atoms with van der Waals surface area (Å²) in [5.74, 6) is 0.936. The summed E-state index contributed by atoms with van der Waals surface area (Å²) in [6, 6.07) is 18.5. The van der Waals surface area contributed by atoms with Gasteiger partial charge in [-0.25, -0.2) is 0 Å². The van der Waals surface area contributed by atoms with E-state index in [1.807, 2.05) is 38.1 Å². The van der Waals surface area contributed by atoms with Crippen LogP contribution in [0.15, 0.2) is 71.1 Å². The molecule has 0 fully saturated rings. The van der Waals surface area contributed by atoms with Gasteiger partial charge in [-0.05, 0) is 55.5 Å². The second-order valence-electron chi connectivity index (χ2n) is 7.67. The van der Waals surface area contributed by atoms with Gasteiger partial charge in [-0.3, -0.25) is 0 Å². The maximum Gasteiger partial charge on any atom is 0.161 e. The zero-order valence-electron chi connectivity index (χ0n) is 18.7. The zero-order valence-corrected chi connectivity index (χ0v) is 18.7. The molecular formula is C26H30N2O3. The molecule has 31 heavy (non-hydrogen) atoms. The van der Waals surface area contributed by atoms with Crippen molar-refractivity contribution in [3.8, 4) is 17.6 Å². The van der Waals surface area contributed by atoms with Crippen molar-refractivity contribution in [2.75, 3.05) is 27.4 Å². The highest BCUT2D eigenvalue weighted by Crippen LogP contribution is 2.43. The Kier molecular flexibility index (Phi) is 7.38. The van der Waals surface area contributed by atoms with Gasteiger partial charge in [0.15, 0.2) is 11.5 Å². The molecule has 0 amide bonds. The first-order chi connectivity index (χ1) is 15.0. The summed E-state index contributed by atoms with van der Waals surface area (Å²) in [5.41, 5.74) is 5.64. The van der Waals surface area contributed by atoms with Crippen LogP contribution in [0.2, 0.25) is 0 Å². The number of methoxy groups -OCH3 is 2. The van der Waals surface area contributed by atoms with Crippen molar-refractivity contribution in [2.24, 2.45) is 0 Å². The Hall–Kier alpha value is -3.23. The molecule has 0 spiro atoms. The number of aliphatic hydroxyl groups is 1. The van der Waals surface area contributed by atoms with Gasteiger partial charge in [0.1, 0.15) is 0 Å². The summed E-state index contributed by atoms with van der Waals surface area (Å²) in [4.78, 5) is 2.17. The van der Waals surface area contributed by atoms with Crippen LogP contribution >= 0.6 is 0 Å². The third-order valence-corrected chi connectivity index (χ3v) is 6.02. The summed E-state index contributed by atoms with van der Waals surface area (Å²) < 4.78 is 10.8. The fourth-order valence-electron chi connectivity index (χ4n) is 4.34. The first-order valence-corrected chi connectivity index (χ1v) is 10.5. The normalized spacial score (nSPS) is 16.4. The fraction of sp³-hybridized carbons (Fsp3) is 0.346. The minimum atomic E-state index is -0.305. The Bertz CT molecular complexity index is 1020. The lowest BCUT2D eigenvalue weighted by Gasteiger charge is -2.37. The molecule has 0 aliphatic carbocycles. The lowest BCUT2D eigenvalue weighted by molar-refractivity contribution is 0.306. The minimum Gasteiger partial charge on any atom is -0.493 e. The molecular weight excluding hydrogens is 388 g/mol. The molecule has 2 aromatic carbocycles. The SMILES string of the molecule is COc1ccc(C2C(C#N)=C(C)N(CCCc3ccccc3)C(C)=C2CO)cc1OC. The van der Waals surface area contributed by atoms with E-state index in [4.69, 9.17) is 9.47 Å². The van der Waals surface area contributed by atoms with Crippen molar-refractivity contribution >= 4 is 0 Å². The standard InChI is InChI=1S/C26H30N2O3/c1-18-22(16-27)26(21-12-13-24(30-3)25(15-21)31-4)23(17-29)19(2)28(18)14-8-11-20-9-6-5-7-10-20/h5-7,9-10,12-13,15,26,29H,8,11,14,17H2,1-4H3. The van der Waals surface area contributed by atoms with E-state index in [-0.39, 0.29) is 12.5 Å². The largest absolute Gasteiger partial charge is 0.493 e. The van der Waals surface area contributed by atoms with Gasteiger partial charge < -0.3 is 19.5 Å². The van der Waals surface area contributed by atoms with E-state index in [9.17, 15) is 10.4 Å². The average molecular weight is 419 g/mol. The van der Waals surface area contributed by atoms with E-state index in [0.717, 1.165) is 41.9 Å². The quantitative estimate of drug-likeness (QED) is 0.667. The number of rotatable bonds is 8. The molecule has 0 saturated heterocycles. The zero-order chi connectivity index (χ0) is 22.4. The predicted octanol–water partition coefficient (Wildman–Crippen LogP) is 4.80. The maximum atomic E-state index is 10.3. The maximum absolute atomic E-state index is 10.3. The summed E-state index contributed by atoms with van der Waals surface area (Å²) in [6.07, 6.45) is 1.92. The number of benzene rings is 2. The van der Waals surface area contributed by atoms with Crippen LogP contribution in [0.25, 0.3) is 0 Å². The van der Waals surface area contributed by atoms with Gasteiger partial charge in [0.25, 0.3) is 0 Å². The van der Waals surface area contributed by atoms with Crippen LogP contribution in [0.4, 0.5) is 0 Å². The Labute approximate surface area is 184 Å². The molecule has 0 saturated carbocycles. The third-order valence-electron chi connectivity index (χ3n) is 6.02. The van der Waals surface area contributed by atoms with E-state index in [1.54, 1.807) is 14.2 Å². The summed E-state index contributed by atoms with van der Waals surface area (Å²) in [7, 11) is 3.19. The number of nitriles is 1. The van der Waals surface area contributed by atoms with Crippen LogP contribution in [0, 0.1) is 11.3 Å². The predicted molar refractivity (Wildman–Crippen MR) is 122 cm³/mol. The van der Waals surface area contributed by atoms with E-state index in [1.165, 1.54) is 5.56 Å². The van der Waals surface area contributed by atoms with Crippen LogP contribution in [0.1, 0.15) is 37.3 Å². The summed E-state index contributed by atoms with van der Waals surface area (Å²) in [5, 5.41) is 20.3. The number of hydrogen-bond acceptors (Lipinski definition) is 5. The van der Waals surface area contributed by atoms with Crippen molar-refractivity contribution in [1.82, 2.24) is 4.90 Å². The number of allylic oxidation sites excluding steroid dienone is 3. The molecule has 1 N–H and O–H groups in total.